The van der Waals surface area contributed by atoms with Gasteiger partial charge >= 0.3 is 0 Å². The van der Waals surface area contributed by atoms with Gasteiger partial charge in [0.25, 0.3) is 0 Å². The minimum Gasteiger partial charge on any atom is -0.135 e. The lowest BCUT2D eigenvalue weighted by Crippen LogP contribution is -1.89. The van der Waals surface area contributed by atoms with Gasteiger partial charge in [-0.25, -0.2) is 0 Å². The van der Waals surface area contributed by atoms with Crippen LogP contribution in [0.1, 0.15) is 0 Å². The minimum atomic E-state index is 1.23. The first-order valence-electron chi connectivity index (χ1n) is 15.5. The number of hydrogen-bond donors (Lipinski definition) is 0. The largest absolute Gasteiger partial charge is 0.135 e. The van der Waals surface area contributed by atoms with E-state index in [0.717, 1.165) is 0 Å². The lowest BCUT2D eigenvalue weighted by molar-refractivity contribution is 1.63. The van der Waals surface area contributed by atoms with Gasteiger partial charge in [0.2, 0.25) is 0 Å². The summed E-state index contributed by atoms with van der Waals surface area (Å²) in [4.78, 5) is 0. The Labute approximate surface area is 264 Å². The summed E-state index contributed by atoms with van der Waals surface area (Å²) in [6, 6.07) is 58.4. The highest BCUT2D eigenvalue weighted by atomic mass is 32.1. The Bertz CT molecular complexity index is 2800. The van der Waals surface area contributed by atoms with E-state index in [1.54, 1.807) is 0 Å². The third kappa shape index (κ3) is 3.59. The second kappa shape index (κ2) is 9.50. The van der Waals surface area contributed by atoms with E-state index < -0.39 is 0 Å². The summed E-state index contributed by atoms with van der Waals surface area (Å²) in [7, 11) is 0. The lowest BCUT2D eigenvalue weighted by Gasteiger charge is -2.17. The average molecular weight is 587 g/mol. The van der Waals surface area contributed by atoms with Crippen LogP contribution in [0.5, 0.6) is 0 Å². The van der Waals surface area contributed by atoms with Crippen molar-refractivity contribution in [2.75, 3.05) is 0 Å². The van der Waals surface area contributed by atoms with E-state index in [9.17, 15) is 0 Å². The minimum absolute atomic E-state index is 1.23. The molecule has 0 fully saturated rings. The molecule has 0 bridgehead atoms. The summed E-state index contributed by atoms with van der Waals surface area (Å²) >= 11 is 1.89. The highest BCUT2D eigenvalue weighted by Gasteiger charge is 2.16. The maximum atomic E-state index is 2.41. The normalized spacial score (nSPS) is 12.0. The number of rotatable bonds is 2. The molecule has 208 valence electrons. The van der Waals surface area contributed by atoms with Gasteiger partial charge in [-0.2, -0.15) is 0 Å². The molecule has 1 heteroatoms. The molecule has 0 unspecified atom stereocenters. The fraction of sp³-hybridized carbons (Fsp3) is 0. The monoisotopic (exact) mass is 586 g/mol. The molecule has 0 atom stereocenters. The van der Waals surface area contributed by atoms with Crippen molar-refractivity contribution >= 4 is 85.4 Å². The van der Waals surface area contributed by atoms with E-state index in [4.69, 9.17) is 0 Å². The first-order valence-corrected chi connectivity index (χ1v) is 16.3. The van der Waals surface area contributed by atoms with Crippen LogP contribution in [0.25, 0.3) is 96.3 Å². The molecule has 0 radical (unpaired) electrons. The Kier molecular flexibility index (Phi) is 5.25. The van der Waals surface area contributed by atoms with Crippen LogP contribution in [0.15, 0.2) is 158 Å². The van der Waals surface area contributed by atoms with Gasteiger partial charge in [-0.3, -0.25) is 0 Å². The quantitative estimate of drug-likeness (QED) is 0.177. The Morgan fingerprint density at radius 1 is 0.289 bits per heavy atom. The molecule has 10 rings (SSSR count). The van der Waals surface area contributed by atoms with Crippen molar-refractivity contribution in [3.8, 4) is 22.3 Å². The summed E-state index contributed by atoms with van der Waals surface area (Å²) in [5.41, 5.74) is 5.03. The zero-order chi connectivity index (χ0) is 29.5. The SMILES string of the molecule is c1ccc2c(c1)sc1c(-c3ccc(-c4ccc5c(c4)c4ccccc4c4c6ccccc6c6ccccc6c54)cc3)cccc12. The van der Waals surface area contributed by atoms with E-state index in [1.165, 1.54) is 96.3 Å². The standard InChI is InChI=1S/C44H26S/c1-4-14-35-31(10-1)32-11-2-5-15-36(32)43-38-25-24-29(26-40(38)33-12-3-6-16-37(33)42(35)43)27-20-22-28(23-21-27)30-17-9-18-39-34-13-7-8-19-41(34)45-44(30)39/h1-26H. The van der Waals surface area contributed by atoms with Crippen molar-refractivity contribution in [1.82, 2.24) is 0 Å². The zero-order valence-electron chi connectivity index (χ0n) is 24.4. The van der Waals surface area contributed by atoms with Crippen LogP contribution in [-0.4, -0.2) is 0 Å². The zero-order valence-corrected chi connectivity index (χ0v) is 25.2. The highest BCUT2D eigenvalue weighted by Crippen LogP contribution is 2.45. The maximum absolute atomic E-state index is 2.41. The molecule has 10 aromatic rings. The molecular formula is C44H26S. The number of hydrogen-bond acceptors (Lipinski definition) is 1. The van der Waals surface area contributed by atoms with Crippen LogP contribution in [0.3, 0.4) is 0 Å². The molecule has 1 heterocycles. The average Bonchev–Trinajstić information content (AvgIpc) is 3.50. The highest BCUT2D eigenvalue weighted by molar-refractivity contribution is 7.26. The third-order valence-corrected chi connectivity index (χ3v) is 10.9. The predicted octanol–water partition coefficient (Wildman–Crippen LogP) is 13.2. The Balaban J connectivity index is 1.19. The molecule has 0 aliphatic carbocycles. The number of benzene rings is 9. The van der Waals surface area contributed by atoms with Gasteiger partial charge in [-0.15, -0.1) is 11.3 Å². The molecule has 0 aliphatic rings. The second-order valence-corrected chi connectivity index (χ2v) is 13.1. The number of fused-ring (bicyclic) bond motifs is 14. The van der Waals surface area contributed by atoms with Crippen LogP contribution in [0.2, 0.25) is 0 Å². The predicted molar refractivity (Wildman–Crippen MR) is 198 cm³/mol. The van der Waals surface area contributed by atoms with Crippen LogP contribution in [0, 0.1) is 0 Å². The third-order valence-electron chi connectivity index (χ3n) is 9.64. The molecule has 0 aliphatic heterocycles. The molecule has 9 aromatic carbocycles. The Hall–Kier alpha value is -5.50. The molecule has 0 amide bonds. The summed E-state index contributed by atoms with van der Waals surface area (Å²) in [6.45, 7) is 0. The van der Waals surface area contributed by atoms with Gasteiger partial charge in [-0.1, -0.05) is 146 Å². The molecule has 0 saturated heterocycles. The van der Waals surface area contributed by atoms with Crippen LogP contribution >= 0.6 is 11.3 Å². The van der Waals surface area contributed by atoms with Crippen LogP contribution in [0.4, 0.5) is 0 Å². The van der Waals surface area contributed by atoms with Crippen LogP contribution in [-0.2, 0) is 0 Å². The van der Waals surface area contributed by atoms with E-state index >= 15 is 0 Å². The molecule has 1 aromatic heterocycles. The molecule has 0 saturated carbocycles. The molecule has 0 N–H and O–H groups in total. The van der Waals surface area contributed by atoms with Gasteiger partial charge < -0.3 is 0 Å². The first-order chi connectivity index (χ1) is 22.3. The van der Waals surface area contributed by atoms with Crippen molar-refractivity contribution in [3.63, 3.8) is 0 Å². The summed E-state index contributed by atoms with van der Waals surface area (Å²) in [6.07, 6.45) is 0. The molecule has 45 heavy (non-hydrogen) atoms. The van der Waals surface area contributed by atoms with Gasteiger partial charge in [0.05, 0.1) is 0 Å². The lowest BCUT2D eigenvalue weighted by atomic mass is 9.86. The summed E-state index contributed by atoms with van der Waals surface area (Å²) in [5.74, 6) is 0. The first kappa shape index (κ1) is 24.9. The smallest absolute Gasteiger partial charge is 0.0433 e. The van der Waals surface area contributed by atoms with E-state index in [-0.39, 0.29) is 0 Å². The maximum Gasteiger partial charge on any atom is 0.0433 e. The summed E-state index contributed by atoms with van der Waals surface area (Å²) in [5, 5.41) is 15.8. The van der Waals surface area contributed by atoms with E-state index in [0.29, 0.717) is 0 Å². The van der Waals surface area contributed by atoms with Gasteiger partial charge in [-0.05, 0) is 88.2 Å². The van der Waals surface area contributed by atoms with Crippen molar-refractivity contribution in [1.29, 1.82) is 0 Å². The molecule has 0 spiro atoms. The van der Waals surface area contributed by atoms with E-state index in [2.05, 4.69) is 158 Å². The van der Waals surface area contributed by atoms with Crippen molar-refractivity contribution in [3.05, 3.63) is 158 Å². The van der Waals surface area contributed by atoms with Crippen molar-refractivity contribution < 1.29 is 0 Å². The number of thiophene rings is 1. The van der Waals surface area contributed by atoms with E-state index in [1.807, 2.05) is 11.3 Å². The summed E-state index contributed by atoms with van der Waals surface area (Å²) < 4.78 is 2.70. The molecule has 0 nitrogen and oxygen atoms in total. The van der Waals surface area contributed by atoms with Gasteiger partial charge in [0, 0.05) is 20.2 Å². The van der Waals surface area contributed by atoms with Crippen LogP contribution < -0.4 is 0 Å². The molecular weight excluding hydrogens is 561 g/mol. The van der Waals surface area contributed by atoms with Gasteiger partial charge in [0.1, 0.15) is 0 Å². The second-order valence-electron chi connectivity index (χ2n) is 12.0. The fourth-order valence-electron chi connectivity index (χ4n) is 7.62. The van der Waals surface area contributed by atoms with Crippen molar-refractivity contribution in [2.24, 2.45) is 0 Å². The van der Waals surface area contributed by atoms with Gasteiger partial charge in [0.15, 0.2) is 0 Å². The Morgan fingerprint density at radius 3 is 1.40 bits per heavy atom. The van der Waals surface area contributed by atoms with Crippen molar-refractivity contribution in [2.45, 2.75) is 0 Å². The Morgan fingerprint density at radius 2 is 0.756 bits per heavy atom. The topological polar surface area (TPSA) is 0 Å². The fourth-order valence-corrected chi connectivity index (χ4v) is 8.86.